The van der Waals surface area contributed by atoms with Gasteiger partial charge in [0.1, 0.15) is 0 Å². The van der Waals surface area contributed by atoms with E-state index in [1.165, 1.54) is 0 Å². The van der Waals surface area contributed by atoms with Crippen molar-refractivity contribution in [2.45, 2.75) is 13.5 Å². The highest BCUT2D eigenvalue weighted by molar-refractivity contribution is 5.69. The Morgan fingerprint density at radius 1 is 1.21 bits per heavy atom. The molecule has 0 spiro atoms. The molecule has 0 atom stereocenters. The molecule has 0 aliphatic rings. The van der Waals surface area contributed by atoms with Crippen LogP contribution < -0.4 is 4.74 Å². The number of ether oxygens (including phenoxy) is 2. The monoisotopic (exact) mass is 257 g/mol. The van der Waals surface area contributed by atoms with Crippen LogP contribution in [0, 0.1) is 0 Å². The molecule has 0 unspecified atom stereocenters. The van der Waals surface area contributed by atoms with Crippen LogP contribution in [0.2, 0.25) is 0 Å². The zero-order valence-electron chi connectivity index (χ0n) is 10.7. The van der Waals surface area contributed by atoms with Crippen molar-refractivity contribution >= 4 is 6.08 Å². The van der Waals surface area contributed by atoms with Crippen LogP contribution >= 0.6 is 0 Å². The minimum absolute atomic E-state index is 0.213. The average Bonchev–Trinajstić information content (AvgIpc) is 2.47. The Morgan fingerprint density at radius 2 is 2.16 bits per heavy atom. The highest BCUT2D eigenvalue weighted by Gasteiger charge is 2.04. The van der Waals surface area contributed by atoms with Gasteiger partial charge in [-0.15, -0.1) is 0 Å². The average molecular weight is 257 g/mol. The quantitative estimate of drug-likeness (QED) is 0.623. The first kappa shape index (κ1) is 13.0. The summed E-state index contributed by atoms with van der Waals surface area (Å²) in [5, 5.41) is 0. The van der Waals surface area contributed by atoms with Crippen molar-refractivity contribution in [1.29, 1.82) is 0 Å². The minimum Gasteiger partial charge on any atom is -0.451 e. The van der Waals surface area contributed by atoms with E-state index in [1.54, 1.807) is 24.7 Å². The lowest BCUT2D eigenvalue weighted by Gasteiger charge is -2.07. The fraction of sp³-hybridized carbons (Fsp3) is 0.214. The van der Waals surface area contributed by atoms with E-state index in [0.29, 0.717) is 19.0 Å². The fourth-order valence-corrected chi connectivity index (χ4v) is 1.38. The lowest BCUT2D eigenvalue weighted by atomic mass is 10.3. The van der Waals surface area contributed by atoms with E-state index in [0.717, 1.165) is 5.56 Å². The van der Waals surface area contributed by atoms with E-state index in [1.807, 2.05) is 31.2 Å². The lowest BCUT2D eigenvalue weighted by molar-refractivity contribution is 0.245. The highest BCUT2D eigenvalue weighted by Crippen LogP contribution is 2.06. The van der Waals surface area contributed by atoms with Gasteiger partial charge in [-0.2, -0.15) is 0 Å². The van der Waals surface area contributed by atoms with Gasteiger partial charge >= 0.3 is 6.08 Å². The largest absolute Gasteiger partial charge is 0.451 e. The van der Waals surface area contributed by atoms with Crippen molar-refractivity contribution in [3.05, 3.63) is 54.5 Å². The smallest absolute Gasteiger partial charge is 0.390 e. The number of rotatable bonds is 4. The van der Waals surface area contributed by atoms with Gasteiger partial charge < -0.3 is 9.47 Å². The molecule has 2 heterocycles. The SMILES string of the molecule is CCOC(=NCc1cccnc1)Oc1ccccn1. The van der Waals surface area contributed by atoms with Crippen molar-refractivity contribution in [3.63, 3.8) is 0 Å². The zero-order chi connectivity index (χ0) is 13.3. The zero-order valence-corrected chi connectivity index (χ0v) is 10.7. The van der Waals surface area contributed by atoms with Crippen molar-refractivity contribution in [2.75, 3.05) is 6.61 Å². The molecule has 19 heavy (non-hydrogen) atoms. The summed E-state index contributed by atoms with van der Waals surface area (Å²) < 4.78 is 10.8. The Kier molecular flexibility index (Phi) is 4.87. The summed E-state index contributed by atoms with van der Waals surface area (Å²) in [5.41, 5.74) is 0.990. The molecule has 0 amide bonds. The standard InChI is InChI=1S/C14H15N3O2/c1-2-18-14(19-13-7-3-4-9-16-13)17-11-12-6-5-8-15-10-12/h3-10H,2,11H2,1H3. The normalized spacial score (nSPS) is 11.1. The first-order chi connectivity index (χ1) is 9.38. The van der Waals surface area contributed by atoms with E-state index in [9.17, 15) is 0 Å². The van der Waals surface area contributed by atoms with Crippen molar-refractivity contribution < 1.29 is 9.47 Å². The summed E-state index contributed by atoms with van der Waals surface area (Å²) in [5.74, 6) is 0.459. The van der Waals surface area contributed by atoms with Gasteiger partial charge in [-0.25, -0.2) is 9.98 Å². The van der Waals surface area contributed by atoms with E-state index < -0.39 is 0 Å². The molecular weight excluding hydrogens is 242 g/mol. The van der Waals surface area contributed by atoms with Gasteiger partial charge in [-0.05, 0) is 24.6 Å². The van der Waals surface area contributed by atoms with Crippen molar-refractivity contribution in [3.8, 4) is 5.88 Å². The second kappa shape index (κ2) is 7.10. The van der Waals surface area contributed by atoms with Gasteiger partial charge in [-0.1, -0.05) is 12.1 Å². The van der Waals surface area contributed by atoms with E-state index in [4.69, 9.17) is 9.47 Å². The van der Waals surface area contributed by atoms with Crippen LogP contribution in [-0.2, 0) is 11.3 Å². The Morgan fingerprint density at radius 3 is 2.84 bits per heavy atom. The molecule has 0 radical (unpaired) electrons. The molecule has 0 fully saturated rings. The molecule has 5 nitrogen and oxygen atoms in total. The van der Waals surface area contributed by atoms with Crippen LogP contribution in [-0.4, -0.2) is 22.7 Å². The maximum absolute atomic E-state index is 5.47. The third-order valence-electron chi connectivity index (χ3n) is 2.21. The predicted molar refractivity (Wildman–Crippen MR) is 71.9 cm³/mol. The van der Waals surface area contributed by atoms with E-state index in [2.05, 4.69) is 15.0 Å². The molecule has 0 aromatic carbocycles. The van der Waals surface area contributed by atoms with Crippen molar-refractivity contribution in [2.24, 2.45) is 4.99 Å². The summed E-state index contributed by atoms with van der Waals surface area (Å²) in [4.78, 5) is 12.4. The molecule has 0 saturated heterocycles. The third-order valence-corrected chi connectivity index (χ3v) is 2.21. The van der Waals surface area contributed by atoms with Gasteiger partial charge in [0, 0.05) is 24.7 Å². The first-order valence-corrected chi connectivity index (χ1v) is 6.03. The predicted octanol–water partition coefficient (Wildman–Crippen LogP) is 2.45. The van der Waals surface area contributed by atoms with E-state index >= 15 is 0 Å². The van der Waals surface area contributed by atoms with Gasteiger partial charge in [0.25, 0.3) is 0 Å². The molecule has 0 N–H and O–H groups in total. The molecule has 2 aromatic rings. The Balaban J connectivity index is 2.03. The second-order valence-corrected chi connectivity index (χ2v) is 3.65. The third kappa shape index (κ3) is 4.39. The number of hydrogen-bond donors (Lipinski definition) is 0. The molecule has 5 heteroatoms. The molecule has 0 aliphatic carbocycles. The van der Waals surface area contributed by atoms with Crippen LogP contribution in [0.1, 0.15) is 12.5 Å². The number of aromatic nitrogens is 2. The molecule has 0 bridgehead atoms. The Labute approximate surface area is 112 Å². The number of nitrogens with zero attached hydrogens (tertiary/aromatic N) is 3. The molecular formula is C14H15N3O2. The maximum Gasteiger partial charge on any atom is 0.390 e. The Hall–Kier alpha value is -2.43. The summed E-state index contributed by atoms with van der Waals surface area (Å²) >= 11 is 0. The van der Waals surface area contributed by atoms with Crippen LogP contribution in [0.15, 0.2) is 53.9 Å². The molecule has 2 aromatic heterocycles. The first-order valence-electron chi connectivity index (χ1n) is 6.03. The van der Waals surface area contributed by atoms with Crippen LogP contribution in [0.5, 0.6) is 5.88 Å². The summed E-state index contributed by atoms with van der Waals surface area (Å²) in [6.07, 6.45) is 5.35. The van der Waals surface area contributed by atoms with Gasteiger partial charge in [0.15, 0.2) is 0 Å². The van der Waals surface area contributed by atoms with Gasteiger partial charge in [0.05, 0.1) is 13.2 Å². The van der Waals surface area contributed by atoms with E-state index in [-0.39, 0.29) is 6.08 Å². The molecule has 0 aliphatic heterocycles. The molecule has 2 rings (SSSR count). The Bertz CT molecular complexity index is 515. The van der Waals surface area contributed by atoms with Crippen LogP contribution in [0.3, 0.4) is 0 Å². The minimum atomic E-state index is 0.213. The van der Waals surface area contributed by atoms with Crippen molar-refractivity contribution in [1.82, 2.24) is 9.97 Å². The summed E-state index contributed by atoms with van der Waals surface area (Å²) in [6, 6.07) is 9.22. The van der Waals surface area contributed by atoms with Gasteiger partial charge in [-0.3, -0.25) is 4.98 Å². The number of pyridine rings is 2. The fourth-order valence-electron chi connectivity index (χ4n) is 1.38. The lowest BCUT2D eigenvalue weighted by Crippen LogP contribution is -2.14. The van der Waals surface area contributed by atoms with Crippen LogP contribution in [0.4, 0.5) is 0 Å². The number of hydrogen-bond acceptors (Lipinski definition) is 5. The summed E-state index contributed by atoms with van der Waals surface area (Å²) in [7, 11) is 0. The maximum atomic E-state index is 5.47. The van der Waals surface area contributed by atoms with Crippen LogP contribution in [0.25, 0.3) is 0 Å². The highest BCUT2D eigenvalue weighted by atomic mass is 16.7. The van der Waals surface area contributed by atoms with Gasteiger partial charge in [0.2, 0.25) is 5.88 Å². The summed E-state index contributed by atoms with van der Waals surface area (Å²) in [6.45, 7) is 2.82. The number of aliphatic imine (C=N–C) groups is 1. The second-order valence-electron chi connectivity index (χ2n) is 3.65. The molecule has 98 valence electrons. The molecule has 0 saturated carbocycles. The topological polar surface area (TPSA) is 56.6 Å².